The lowest BCUT2D eigenvalue weighted by atomic mass is 9.97. The van der Waals surface area contributed by atoms with E-state index >= 15 is 0 Å². The van der Waals surface area contributed by atoms with Crippen LogP contribution in [0.25, 0.3) is 22.8 Å². The van der Waals surface area contributed by atoms with Crippen molar-refractivity contribution >= 4 is 0 Å². The smallest absolute Gasteiger partial charge is 0.181 e. The van der Waals surface area contributed by atoms with Gasteiger partial charge < -0.3 is 4.74 Å². The van der Waals surface area contributed by atoms with E-state index < -0.39 is 0 Å². The number of nitrogens with zero attached hydrogens (tertiary/aromatic N) is 2. The van der Waals surface area contributed by atoms with Crippen molar-refractivity contribution in [2.45, 2.75) is 19.8 Å². The molecule has 0 saturated carbocycles. The molecular weight excluding hydrogens is 274 g/mol. The first-order valence-electron chi connectivity index (χ1n) is 7.35. The molecule has 0 aliphatic carbocycles. The van der Waals surface area contributed by atoms with E-state index in [0.29, 0.717) is 11.7 Å². The Morgan fingerprint density at radius 3 is 2.64 bits per heavy atom. The monoisotopic (exact) mass is 293 g/mol. The molecule has 4 heteroatoms. The molecule has 112 valence electrons. The topological polar surface area (TPSA) is 50.8 Å². The van der Waals surface area contributed by atoms with Crippen LogP contribution in [0.5, 0.6) is 5.75 Å². The molecule has 0 fully saturated rings. The third-order valence-corrected chi connectivity index (χ3v) is 3.65. The van der Waals surface area contributed by atoms with Crippen molar-refractivity contribution in [3.05, 3.63) is 54.1 Å². The average molecular weight is 293 g/mol. The summed E-state index contributed by atoms with van der Waals surface area (Å²) in [4.78, 5) is 4.65. The van der Waals surface area contributed by atoms with Gasteiger partial charge in [0.2, 0.25) is 0 Å². The maximum Gasteiger partial charge on any atom is 0.181 e. The molecule has 22 heavy (non-hydrogen) atoms. The molecule has 2 aromatic carbocycles. The van der Waals surface area contributed by atoms with Crippen LogP contribution in [0.3, 0.4) is 0 Å². The van der Waals surface area contributed by atoms with Gasteiger partial charge in [0.15, 0.2) is 11.6 Å². The predicted octanol–water partition coefficient (Wildman–Crippen LogP) is 4.27. The second kappa shape index (κ2) is 6.02. The number of methoxy groups -OCH3 is 1. The molecule has 0 aliphatic heterocycles. The number of ether oxygens (including phenoxy) is 1. The van der Waals surface area contributed by atoms with Crippen LogP contribution in [0, 0.1) is 0 Å². The Balaban J connectivity index is 2.01. The van der Waals surface area contributed by atoms with Crippen molar-refractivity contribution in [3.63, 3.8) is 0 Å². The van der Waals surface area contributed by atoms with E-state index in [1.54, 1.807) is 7.11 Å². The molecule has 0 amide bonds. The van der Waals surface area contributed by atoms with E-state index in [1.165, 1.54) is 5.56 Å². The lowest BCUT2D eigenvalue weighted by molar-refractivity contribution is 0.415. The fourth-order valence-electron chi connectivity index (χ4n) is 2.49. The third kappa shape index (κ3) is 2.72. The summed E-state index contributed by atoms with van der Waals surface area (Å²) >= 11 is 0. The summed E-state index contributed by atoms with van der Waals surface area (Å²) in [5.74, 6) is 2.70. The van der Waals surface area contributed by atoms with Crippen molar-refractivity contribution in [1.82, 2.24) is 15.2 Å². The molecule has 0 spiro atoms. The summed E-state index contributed by atoms with van der Waals surface area (Å²) in [5, 5.41) is 7.40. The SMILES string of the molecule is COc1cccc(-c2n[nH]c(-c3ccccc3C(C)C)n2)c1. The summed E-state index contributed by atoms with van der Waals surface area (Å²) in [5.41, 5.74) is 3.29. The van der Waals surface area contributed by atoms with E-state index in [9.17, 15) is 0 Å². The Morgan fingerprint density at radius 2 is 1.86 bits per heavy atom. The second-order valence-electron chi connectivity index (χ2n) is 5.48. The molecule has 3 aromatic rings. The van der Waals surface area contributed by atoms with Gasteiger partial charge in [0.1, 0.15) is 5.75 Å². The van der Waals surface area contributed by atoms with Crippen LogP contribution >= 0.6 is 0 Å². The van der Waals surface area contributed by atoms with Crippen molar-refractivity contribution in [1.29, 1.82) is 0 Å². The van der Waals surface area contributed by atoms with Gasteiger partial charge in [-0.1, -0.05) is 50.2 Å². The summed E-state index contributed by atoms with van der Waals surface area (Å²) < 4.78 is 5.25. The zero-order valence-electron chi connectivity index (χ0n) is 13.0. The molecule has 0 bridgehead atoms. The van der Waals surface area contributed by atoms with Crippen LogP contribution < -0.4 is 4.74 Å². The van der Waals surface area contributed by atoms with Crippen LogP contribution in [0.15, 0.2) is 48.5 Å². The fourth-order valence-corrected chi connectivity index (χ4v) is 2.49. The standard InChI is InChI=1S/C18H19N3O/c1-12(2)15-9-4-5-10-16(15)18-19-17(20-21-18)13-7-6-8-14(11-13)22-3/h4-12H,1-3H3,(H,19,20,21). The quantitative estimate of drug-likeness (QED) is 0.781. The zero-order chi connectivity index (χ0) is 15.5. The first kappa shape index (κ1) is 14.3. The van der Waals surface area contributed by atoms with E-state index in [1.807, 2.05) is 30.3 Å². The molecule has 0 radical (unpaired) electrons. The number of hydrogen-bond donors (Lipinski definition) is 1. The van der Waals surface area contributed by atoms with E-state index in [2.05, 4.69) is 47.2 Å². The molecular formula is C18H19N3O. The zero-order valence-corrected chi connectivity index (χ0v) is 13.0. The van der Waals surface area contributed by atoms with Gasteiger partial charge in [-0.15, -0.1) is 0 Å². The van der Waals surface area contributed by atoms with E-state index in [4.69, 9.17) is 4.74 Å². The average Bonchev–Trinajstić information content (AvgIpc) is 3.05. The molecule has 0 unspecified atom stereocenters. The Hall–Kier alpha value is -2.62. The fraction of sp³-hybridized carbons (Fsp3) is 0.222. The van der Waals surface area contributed by atoms with E-state index in [-0.39, 0.29) is 0 Å². The maximum absolute atomic E-state index is 5.25. The minimum Gasteiger partial charge on any atom is -0.497 e. The molecule has 4 nitrogen and oxygen atoms in total. The highest BCUT2D eigenvalue weighted by atomic mass is 16.5. The molecule has 1 N–H and O–H groups in total. The molecule has 0 atom stereocenters. The first-order valence-corrected chi connectivity index (χ1v) is 7.35. The van der Waals surface area contributed by atoms with Gasteiger partial charge in [-0.2, -0.15) is 5.10 Å². The van der Waals surface area contributed by atoms with Gasteiger partial charge in [0, 0.05) is 11.1 Å². The van der Waals surface area contributed by atoms with Gasteiger partial charge in [-0.3, -0.25) is 5.10 Å². The van der Waals surface area contributed by atoms with Gasteiger partial charge in [-0.05, 0) is 23.6 Å². The van der Waals surface area contributed by atoms with Crippen molar-refractivity contribution in [3.8, 4) is 28.5 Å². The van der Waals surface area contributed by atoms with Crippen molar-refractivity contribution in [2.24, 2.45) is 0 Å². The number of aromatic nitrogens is 3. The van der Waals surface area contributed by atoms with Gasteiger partial charge in [-0.25, -0.2) is 4.98 Å². The number of H-pyrrole nitrogens is 1. The van der Waals surface area contributed by atoms with Gasteiger partial charge >= 0.3 is 0 Å². The highest BCUT2D eigenvalue weighted by Gasteiger charge is 2.13. The van der Waals surface area contributed by atoms with Crippen LogP contribution in [0.4, 0.5) is 0 Å². The Bertz CT molecular complexity index is 777. The van der Waals surface area contributed by atoms with Crippen LogP contribution in [0.1, 0.15) is 25.3 Å². The number of nitrogens with one attached hydrogen (secondary N) is 1. The number of hydrogen-bond acceptors (Lipinski definition) is 3. The van der Waals surface area contributed by atoms with E-state index in [0.717, 1.165) is 22.7 Å². The summed E-state index contributed by atoms with van der Waals surface area (Å²) in [7, 11) is 1.65. The van der Waals surface area contributed by atoms with Crippen LogP contribution in [-0.4, -0.2) is 22.3 Å². The summed E-state index contributed by atoms with van der Waals surface area (Å²) in [6, 6.07) is 16.0. The molecule has 1 heterocycles. The minimum absolute atomic E-state index is 0.432. The second-order valence-corrected chi connectivity index (χ2v) is 5.48. The Kier molecular flexibility index (Phi) is 3.92. The number of aromatic amines is 1. The normalized spacial score (nSPS) is 10.9. The largest absolute Gasteiger partial charge is 0.497 e. The summed E-state index contributed by atoms with van der Waals surface area (Å²) in [6.45, 7) is 4.36. The molecule has 0 saturated heterocycles. The lowest BCUT2D eigenvalue weighted by Crippen LogP contribution is -1.93. The number of rotatable bonds is 4. The van der Waals surface area contributed by atoms with Crippen LogP contribution in [0.2, 0.25) is 0 Å². The maximum atomic E-state index is 5.25. The molecule has 3 rings (SSSR count). The van der Waals surface area contributed by atoms with Crippen molar-refractivity contribution in [2.75, 3.05) is 7.11 Å². The van der Waals surface area contributed by atoms with Crippen LogP contribution in [-0.2, 0) is 0 Å². The lowest BCUT2D eigenvalue weighted by Gasteiger charge is -2.09. The Labute approximate surface area is 130 Å². The minimum atomic E-state index is 0.432. The molecule has 0 aliphatic rings. The highest BCUT2D eigenvalue weighted by Crippen LogP contribution is 2.28. The van der Waals surface area contributed by atoms with Gasteiger partial charge in [0.05, 0.1) is 7.11 Å². The Morgan fingerprint density at radius 1 is 1.05 bits per heavy atom. The predicted molar refractivity (Wildman–Crippen MR) is 87.9 cm³/mol. The molecule has 1 aromatic heterocycles. The number of benzene rings is 2. The third-order valence-electron chi connectivity index (χ3n) is 3.65. The highest BCUT2D eigenvalue weighted by molar-refractivity contribution is 5.65. The summed E-state index contributed by atoms with van der Waals surface area (Å²) in [6.07, 6.45) is 0. The van der Waals surface area contributed by atoms with Gasteiger partial charge in [0.25, 0.3) is 0 Å². The van der Waals surface area contributed by atoms with Crippen molar-refractivity contribution < 1.29 is 4.74 Å². The first-order chi connectivity index (χ1) is 10.7.